The first kappa shape index (κ1) is 12.6. The lowest BCUT2D eigenvalue weighted by atomic mass is 9.99. The van der Waals surface area contributed by atoms with Gasteiger partial charge in [-0.1, -0.05) is 0 Å². The Labute approximate surface area is 106 Å². The van der Waals surface area contributed by atoms with Crippen LogP contribution in [0.15, 0.2) is 6.07 Å². The Kier molecular flexibility index (Phi) is 3.27. The molecule has 0 spiro atoms. The minimum Gasteiger partial charge on any atom is -0.391 e. The summed E-state index contributed by atoms with van der Waals surface area (Å²) in [4.78, 5) is 14.2. The number of rotatable bonds is 3. The van der Waals surface area contributed by atoms with Crippen LogP contribution in [-0.2, 0) is 12.8 Å². The van der Waals surface area contributed by atoms with E-state index in [4.69, 9.17) is 0 Å². The molecule has 1 aromatic heterocycles. The number of amides is 1. The van der Waals surface area contributed by atoms with Crippen molar-refractivity contribution in [3.63, 3.8) is 0 Å². The molecular weight excluding hydrogens is 234 g/mol. The van der Waals surface area contributed by atoms with Crippen LogP contribution in [0.25, 0.3) is 0 Å². The summed E-state index contributed by atoms with van der Waals surface area (Å²) in [6.45, 7) is 5.35. The molecule has 0 saturated carbocycles. The van der Waals surface area contributed by atoms with Crippen LogP contribution in [0.4, 0.5) is 0 Å². The standard InChI is InChI=1S/C13H19NO2S/c1-8(15)13(2,3)14-12(16)11-7-9-5-4-6-10(9)17-11/h7-8,15H,4-6H2,1-3H3,(H,14,16). The van der Waals surface area contributed by atoms with Gasteiger partial charge < -0.3 is 10.4 Å². The minimum atomic E-state index is -0.592. The number of aliphatic hydroxyl groups excluding tert-OH is 1. The van der Waals surface area contributed by atoms with Crippen molar-refractivity contribution >= 4 is 17.2 Å². The number of fused-ring (bicyclic) bond motifs is 1. The highest BCUT2D eigenvalue weighted by atomic mass is 32.1. The van der Waals surface area contributed by atoms with Crippen molar-refractivity contribution in [1.29, 1.82) is 0 Å². The van der Waals surface area contributed by atoms with E-state index in [1.807, 2.05) is 19.9 Å². The molecule has 1 aliphatic carbocycles. The van der Waals surface area contributed by atoms with Crippen LogP contribution in [0.2, 0.25) is 0 Å². The quantitative estimate of drug-likeness (QED) is 0.867. The molecule has 17 heavy (non-hydrogen) atoms. The summed E-state index contributed by atoms with van der Waals surface area (Å²) in [6.07, 6.45) is 2.84. The number of hydrogen-bond acceptors (Lipinski definition) is 3. The van der Waals surface area contributed by atoms with Gasteiger partial charge in [0.1, 0.15) is 0 Å². The summed E-state index contributed by atoms with van der Waals surface area (Å²) >= 11 is 1.59. The van der Waals surface area contributed by atoms with Gasteiger partial charge in [-0.2, -0.15) is 0 Å². The Morgan fingerprint density at radius 2 is 2.24 bits per heavy atom. The summed E-state index contributed by atoms with van der Waals surface area (Å²) in [7, 11) is 0. The third-order valence-electron chi connectivity index (χ3n) is 3.45. The van der Waals surface area contributed by atoms with Crippen LogP contribution in [0.5, 0.6) is 0 Å². The summed E-state index contributed by atoms with van der Waals surface area (Å²) < 4.78 is 0. The highest BCUT2D eigenvalue weighted by Crippen LogP contribution is 2.30. The fourth-order valence-corrected chi connectivity index (χ4v) is 3.05. The maximum atomic E-state index is 12.1. The zero-order valence-electron chi connectivity index (χ0n) is 10.5. The molecule has 1 amide bonds. The molecule has 0 aliphatic heterocycles. The average molecular weight is 253 g/mol. The SMILES string of the molecule is CC(O)C(C)(C)NC(=O)c1cc2c(s1)CCC2. The van der Waals surface area contributed by atoms with Gasteiger partial charge in [-0.3, -0.25) is 4.79 Å². The van der Waals surface area contributed by atoms with Crippen molar-refractivity contribution in [1.82, 2.24) is 5.32 Å². The number of nitrogens with one attached hydrogen (secondary N) is 1. The van der Waals surface area contributed by atoms with Crippen LogP contribution in [-0.4, -0.2) is 22.7 Å². The van der Waals surface area contributed by atoms with Crippen LogP contribution in [0, 0.1) is 0 Å². The Morgan fingerprint density at radius 1 is 1.53 bits per heavy atom. The molecule has 2 rings (SSSR count). The van der Waals surface area contributed by atoms with Gasteiger partial charge in [0.25, 0.3) is 5.91 Å². The maximum absolute atomic E-state index is 12.1. The monoisotopic (exact) mass is 253 g/mol. The number of thiophene rings is 1. The van der Waals surface area contributed by atoms with E-state index in [-0.39, 0.29) is 5.91 Å². The van der Waals surface area contributed by atoms with Crippen molar-refractivity contribution in [2.75, 3.05) is 0 Å². The first-order valence-corrected chi connectivity index (χ1v) is 6.84. The van der Waals surface area contributed by atoms with E-state index in [0.29, 0.717) is 0 Å². The third kappa shape index (κ3) is 2.53. The number of aliphatic hydroxyl groups is 1. The normalized spacial score (nSPS) is 16.7. The molecule has 0 fully saturated rings. The molecule has 1 aromatic rings. The van der Waals surface area contributed by atoms with E-state index in [1.165, 1.54) is 16.9 Å². The van der Waals surface area contributed by atoms with Gasteiger partial charge in [0.2, 0.25) is 0 Å². The fraction of sp³-hybridized carbons (Fsp3) is 0.615. The third-order valence-corrected chi connectivity index (χ3v) is 4.69. The van der Waals surface area contributed by atoms with Crippen molar-refractivity contribution in [2.24, 2.45) is 0 Å². The number of carbonyl (C=O) groups excluding carboxylic acids is 1. The van der Waals surface area contributed by atoms with Crippen LogP contribution in [0.1, 0.15) is 47.3 Å². The van der Waals surface area contributed by atoms with Gasteiger partial charge in [-0.05, 0) is 51.7 Å². The van der Waals surface area contributed by atoms with E-state index in [9.17, 15) is 9.90 Å². The van der Waals surface area contributed by atoms with Crippen molar-refractivity contribution < 1.29 is 9.90 Å². The van der Waals surface area contributed by atoms with Crippen LogP contribution < -0.4 is 5.32 Å². The van der Waals surface area contributed by atoms with Crippen LogP contribution >= 0.6 is 11.3 Å². The van der Waals surface area contributed by atoms with Gasteiger partial charge in [-0.15, -0.1) is 11.3 Å². The molecule has 1 atom stereocenters. The Balaban J connectivity index is 2.10. The lowest BCUT2D eigenvalue weighted by Crippen LogP contribution is -2.50. The summed E-state index contributed by atoms with van der Waals surface area (Å²) in [5.74, 6) is -0.0738. The molecule has 2 N–H and O–H groups in total. The zero-order chi connectivity index (χ0) is 12.6. The second-order valence-corrected chi connectivity index (χ2v) is 6.40. The molecule has 0 aromatic carbocycles. The van der Waals surface area contributed by atoms with Gasteiger partial charge in [0.05, 0.1) is 16.5 Å². The van der Waals surface area contributed by atoms with Crippen LogP contribution in [0.3, 0.4) is 0 Å². The van der Waals surface area contributed by atoms with Gasteiger partial charge >= 0.3 is 0 Å². The molecule has 0 radical (unpaired) electrons. The topological polar surface area (TPSA) is 49.3 Å². The van der Waals surface area contributed by atoms with E-state index >= 15 is 0 Å². The second kappa shape index (κ2) is 4.42. The second-order valence-electron chi connectivity index (χ2n) is 5.26. The smallest absolute Gasteiger partial charge is 0.261 e. The Bertz CT molecular complexity index is 413. The first-order valence-electron chi connectivity index (χ1n) is 6.02. The molecule has 1 heterocycles. The van der Waals surface area contributed by atoms with Gasteiger partial charge in [0, 0.05) is 4.88 Å². The molecule has 0 saturated heterocycles. The van der Waals surface area contributed by atoms with Gasteiger partial charge in [-0.25, -0.2) is 0 Å². The molecule has 4 heteroatoms. The molecular formula is C13H19NO2S. The lowest BCUT2D eigenvalue weighted by Gasteiger charge is -2.29. The summed E-state index contributed by atoms with van der Waals surface area (Å²) in [6, 6.07) is 2.00. The van der Waals surface area contributed by atoms with E-state index < -0.39 is 11.6 Å². The predicted octanol–water partition coefficient (Wildman–Crippen LogP) is 2.13. The van der Waals surface area contributed by atoms with Crippen molar-refractivity contribution in [2.45, 2.75) is 51.7 Å². The number of hydrogen-bond donors (Lipinski definition) is 2. The van der Waals surface area contributed by atoms with E-state index in [0.717, 1.165) is 17.7 Å². The van der Waals surface area contributed by atoms with E-state index in [2.05, 4.69) is 5.32 Å². The molecule has 3 nitrogen and oxygen atoms in total. The van der Waals surface area contributed by atoms with Gasteiger partial charge in [0.15, 0.2) is 0 Å². The molecule has 1 unspecified atom stereocenters. The highest BCUT2D eigenvalue weighted by molar-refractivity contribution is 7.14. The maximum Gasteiger partial charge on any atom is 0.261 e. The largest absolute Gasteiger partial charge is 0.391 e. The zero-order valence-corrected chi connectivity index (χ0v) is 11.4. The van der Waals surface area contributed by atoms with Crippen molar-refractivity contribution in [3.05, 3.63) is 21.4 Å². The highest BCUT2D eigenvalue weighted by Gasteiger charge is 2.28. The average Bonchev–Trinajstić information content (AvgIpc) is 2.74. The summed E-state index contributed by atoms with van der Waals surface area (Å²) in [5.41, 5.74) is 0.737. The predicted molar refractivity (Wildman–Crippen MR) is 69.6 cm³/mol. The Hall–Kier alpha value is -0.870. The number of aryl methyl sites for hydroxylation is 2. The Morgan fingerprint density at radius 3 is 2.82 bits per heavy atom. The van der Waals surface area contributed by atoms with Crippen molar-refractivity contribution in [3.8, 4) is 0 Å². The number of carbonyl (C=O) groups is 1. The lowest BCUT2D eigenvalue weighted by molar-refractivity contribution is 0.0712. The minimum absolute atomic E-state index is 0.0738. The summed E-state index contributed by atoms with van der Waals surface area (Å²) in [5, 5.41) is 12.5. The molecule has 1 aliphatic rings. The fourth-order valence-electron chi connectivity index (χ4n) is 1.90. The molecule has 0 bridgehead atoms. The van der Waals surface area contributed by atoms with E-state index in [1.54, 1.807) is 18.3 Å². The molecule has 94 valence electrons. The first-order chi connectivity index (χ1) is 7.90.